The van der Waals surface area contributed by atoms with Gasteiger partial charge in [-0.25, -0.2) is 0 Å². The Morgan fingerprint density at radius 2 is 1.94 bits per heavy atom. The standard InChI is InChI=1S/C15H26N2/c1-4-6-8-14(7-5-2)17-15-11-13(16)10-9-12(15)3/h9-11,14,17H,4-8,16H2,1-3H3. The summed E-state index contributed by atoms with van der Waals surface area (Å²) in [6, 6.07) is 6.67. The van der Waals surface area contributed by atoms with Gasteiger partial charge in [-0.2, -0.15) is 0 Å². The largest absolute Gasteiger partial charge is 0.399 e. The number of rotatable bonds is 7. The van der Waals surface area contributed by atoms with E-state index in [0.29, 0.717) is 6.04 Å². The van der Waals surface area contributed by atoms with Crippen molar-refractivity contribution in [3.8, 4) is 0 Å². The monoisotopic (exact) mass is 234 g/mol. The highest BCUT2D eigenvalue weighted by molar-refractivity contribution is 5.59. The molecule has 1 rings (SSSR count). The fraction of sp³-hybridized carbons (Fsp3) is 0.600. The predicted octanol–water partition coefficient (Wildman–Crippen LogP) is 4.35. The van der Waals surface area contributed by atoms with Crippen molar-refractivity contribution in [2.45, 2.75) is 58.9 Å². The molecule has 1 aromatic carbocycles. The average molecular weight is 234 g/mol. The van der Waals surface area contributed by atoms with Gasteiger partial charge < -0.3 is 11.1 Å². The van der Waals surface area contributed by atoms with Crippen LogP contribution in [0.25, 0.3) is 0 Å². The Hall–Kier alpha value is -1.18. The van der Waals surface area contributed by atoms with E-state index in [1.54, 1.807) is 0 Å². The molecule has 0 aliphatic heterocycles. The van der Waals surface area contributed by atoms with Crippen molar-refractivity contribution in [3.63, 3.8) is 0 Å². The van der Waals surface area contributed by atoms with E-state index in [1.165, 1.54) is 43.4 Å². The first kappa shape index (κ1) is 13.9. The van der Waals surface area contributed by atoms with Gasteiger partial charge in [0, 0.05) is 17.4 Å². The van der Waals surface area contributed by atoms with Crippen molar-refractivity contribution in [2.75, 3.05) is 11.1 Å². The van der Waals surface area contributed by atoms with Gasteiger partial charge in [0.25, 0.3) is 0 Å². The number of aryl methyl sites for hydroxylation is 1. The number of unbranched alkanes of at least 4 members (excludes halogenated alkanes) is 1. The second-order valence-electron chi connectivity index (χ2n) is 4.85. The third-order valence-electron chi connectivity index (χ3n) is 3.16. The molecule has 2 nitrogen and oxygen atoms in total. The minimum atomic E-state index is 0.584. The molecule has 0 radical (unpaired) electrons. The van der Waals surface area contributed by atoms with Crippen LogP contribution >= 0.6 is 0 Å². The molecule has 0 heterocycles. The van der Waals surface area contributed by atoms with Crippen molar-refractivity contribution < 1.29 is 0 Å². The molecule has 96 valence electrons. The highest BCUT2D eigenvalue weighted by atomic mass is 14.9. The average Bonchev–Trinajstić information content (AvgIpc) is 2.31. The zero-order valence-electron chi connectivity index (χ0n) is 11.4. The lowest BCUT2D eigenvalue weighted by molar-refractivity contribution is 0.564. The van der Waals surface area contributed by atoms with E-state index in [0.717, 1.165) is 5.69 Å². The van der Waals surface area contributed by atoms with Gasteiger partial charge in [-0.15, -0.1) is 0 Å². The van der Waals surface area contributed by atoms with E-state index < -0.39 is 0 Å². The molecule has 1 atom stereocenters. The SMILES string of the molecule is CCCCC(CCC)Nc1cc(N)ccc1C. The lowest BCUT2D eigenvalue weighted by Gasteiger charge is -2.21. The van der Waals surface area contributed by atoms with E-state index in [-0.39, 0.29) is 0 Å². The summed E-state index contributed by atoms with van der Waals surface area (Å²) in [5.74, 6) is 0. The molecule has 0 aliphatic rings. The lowest BCUT2D eigenvalue weighted by Crippen LogP contribution is -2.19. The highest BCUT2D eigenvalue weighted by Crippen LogP contribution is 2.21. The second-order valence-corrected chi connectivity index (χ2v) is 4.85. The minimum absolute atomic E-state index is 0.584. The summed E-state index contributed by atoms with van der Waals surface area (Å²) in [6.45, 7) is 6.62. The Kier molecular flexibility index (Phi) is 5.88. The molecule has 0 aromatic heterocycles. The first-order valence-corrected chi connectivity index (χ1v) is 6.80. The molecule has 0 saturated carbocycles. The maximum Gasteiger partial charge on any atom is 0.0392 e. The number of nitrogen functional groups attached to an aromatic ring is 1. The van der Waals surface area contributed by atoms with Gasteiger partial charge >= 0.3 is 0 Å². The number of nitrogens with two attached hydrogens (primary N) is 1. The van der Waals surface area contributed by atoms with Gasteiger partial charge in [-0.3, -0.25) is 0 Å². The minimum Gasteiger partial charge on any atom is -0.399 e. The fourth-order valence-corrected chi connectivity index (χ4v) is 2.10. The maximum absolute atomic E-state index is 5.84. The summed E-state index contributed by atoms with van der Waals surface area (Å²) in [6.07, 6.45) is 6.26. The van der Waals surface area contributed by atoms with Gasteiger partial charge in [0.05, 0.1) is 0 Å². The molecule has 3 N–H and O–H groups in total. The van der Waals surface area contributed by atoms with Crippen LogP contribution in [-0.4, -0.2) is 6.04 Å². The molecule has 0 saturated heterocycles. The Morgan fingerprint density at radius 3 is 2.59 bits per heavy atom. The third kappa shape index (κ3) is 4.68. The van der Waals surface area contributed by atoms with Crippen molar-refractivity contribution in [1.82, 2.24) is 0 Å². The van der Waals surface area contributed by atoms with Crippen LogP contribution in [0.2, 0.25) is 0 Å². The van der Waals surface area contributed by atoms with Gasteiger partial charge in [0.15, 0.2) is 0 Å². The van der Waals surface area contributed by atoms with E-state index in [2.05, 4.69) is 32.2 Å². The summed E-state index contributed by atoms with van der Waals surface area (Å²) < 4.78 is 0. The van der Waals surface area contributed by atoms with E-state index >= 15 is 0 Å². The quantitative estimate of drug-likeness (QED) is 0.688. The zero-order valence-corrected chi connectivity index (χ0v) is 11.4. The van der Waals surface area contributed by atoms with Gasteiger partial charge in [-0.1, -0.05) is 39.2 Å². The van der Waals surface area contributed by atoms with Crippen LogP contribution in [0.15, 0.2) is 18.2 Å². The molecule has 0 amide bonds. The molecule has 1 aromatic rings. The number of hydrogen-bond acceptors (Lipinski definition) is 2. The van der Waals surface area contributed by atoms with E-state index in [1.807, 2.05) is 12.1 Å². The first-order valence-electron chi connectivity index (χ1n) is 6.80. The molecular weight excluding hydrogens is 208 g/mol. The Bertz CT molecular complexity index is 334. The Balaban J connectivity index is 2.67. The van der Waals surface area contributed by atoms with Crippen LogP contribution in [0.1, 0.15) is 51.5 Å². The number of benzene rings is 1. The fourth-order valence-electron chi connectivity index (χ4n) is 2.10. The highest BCUT2D eigenvalue weighted by Gasteiger charge is 2.08. The summed E-state index contributed by atoms with van der Waals surface area (Å²) in [5.41, 5.74) is 9.14. The van der Waals surface area contributed by atoms with Crippen LogP contribution in [0, 0.1) is 6.92 Å². The van der Waals surface area contributed by atoms with Crippen LogP contribution in [0.4, 0.5) is 11.4 Å². The van der Waals surface area contributed by atoms with E-state index in [4.69, 9.17) is 5.73 Å². The van der Waals surface area contributed by atoms with Crippen LogP contribution in [0.3, 0.4) is 0 Å². The molecule has 0 spiro atoms. The zero-order chi connectivity index (χ0) is 12.7. The van der Waals surface area contributed by atoms with Crippen LogP contribution in [-0.2, 0) is 0 Å². The molecule has 17 heavy (non-hydrogen) atoms. The second kappa shape index (κ2) is 7.21. The third-order valence-corrected chi connectivity index (χ3v) is 3.16. The van der Waals surface area contributed by atoms with Crippen LogP contribution in [0.5, 0.6) is 0 Å². The Morgan fingerprint density at radius 1 is 1.18 bits per heavy atom. The summed E-state index contributed by atoms with van der Waals surface area (Å²) in [7, 11) is 0. The van der Waals surface area contributed by atoms with Crippen LogP contribution < -0.4 is 11.1 Å². The van der Waals surface area contributed by atoms with Gasteiger partial charge in [0.1, 0.15) is 0 Å². The normalized spacial score (nSPS) is 12.4. The number of nitrogens with one attached hydrogen (secondary N) is 1. The summed E-state index contributed by atoms with van der Waals surface area (Å²) >= 11 is 0. The smallest absolute Gasteiger partial charge is 0.0392 e. The summed E-state index contributed by atoms with van der Waals surface area (Å²) in [4.78, 5) is 0. The van der Waals surface area contributed by atoms with E-state index in [9.17, 15) is 0 Å². The number of hydrogen-bond donors (Lipinski definition) is 2. The first-order chi connectivity index (χ1) is 8.17. The van der Waals surface area contributed by atoms with Gasteiger partial charge in [0.2, 0.25) is 0 Å². The molecule has 2 heteroatoms. The van der Waals surface area contributed by atoms with Crippen molar-refractivity contribution in [1.29, 1.82) is 0 Å². The Labute approximate surface area is 106 Å². The number of anilines is 2. The molecule has 0 fully saturated rings. The predicted molar refractivity (Wildman–Crippen MR) is 77.4 cm³/mol. The summed E-state index contributed by atoms with van der Waals surface area (Å²) in [5, 5.41) is 3.64. The topological polar surface area (TPSA) is 38.0 Å². The van der Waals surface area contributed by atoms with Gasteiger partial charge in [-0.05, 0) is 37.5 Å². The van der Waals surface area contributed by atoms with Crippen molar-refractivity contribution in [2.24, 2.45) is 0 Å². The van der Waals surface area contributed by atoms with Crippen molar-refractivity contribution in [3.05, 3.63) is 23.8 Å². The molecule has 0 bridgehead atoms. The molecule has 1 unspecified atom stereocenters. The lowest BCUT2D eigenvalue weighted by atomic mass is 10.0. The molecule has 0 aliphatic carbocycles. The molecular formula is C15H26N2. The maximum atomic E-state index is 5.84. The van der Waals surface area contributed by atoms with Crippen molar-refractivity contribution >= 4 is 11.4 Å².